The van der Waals surface area contributed by atoms with Gasteiger partial charge in [-0.05, 0) is 25.0 Å². The highest BCUT2D eigenvalue weighted by molar-refractivity contribution is 8.01. The highest BCUT2D eigenvalue weighted by Gasteiger charge is 2.52. The number of aromatic nitrogens is 2. The van der Waals surface area contributed by atoms with Gasteiger partial charge in [-0.25, -0.2) is 9.37 Å². The number of ether oxygens (including phenoxy) is 1. The van der Waals surface area contributed by atoms with Crippen LogP contribution in [0.3, 0.4) is 0 Å². The Morgan fingerprint density at radius 1 is 1.42 bits per heavy atom. The van der Waals surface area contributed by atoms with Crippen molar-refractivity contribution < 1.29 is 18.4 Å². The number of carbonyl (C=O) groups excluding carboxylic acids is 1. The summed E-state index contributed by atoms with van der Waals surface area (Å²) in [6.45, 7) is 1.32. The van der Waals surface area contributed by atoms with E-state index < -0.39 is 5.82 Å². The zero-order valence-electron chi connectivity index (χ0n) is 14.1. The summed E-state index contributed by atoms with van der Waals surface area (Å²) in [4.78, 5) is 18.3. The lowest BCUT2D eigenvalue weighted by Crippen LogP contribution is -2.60. The van der Waals surface area contributed by atoms with E-state index in [4.69, 9.17) is 9.26 Å². The molecule has 0 bridgehead atoms. The fourth-order valence-corrected chi connectivity index (χ4v) is 5.14. The number of hydrogen-bond acceptors (Lipinski definition) is 6. The zero-order chi connectivity index (χ0) is 17.7. The van der Waals surface area contributed by atoms with Crippen LogP contribution in [0.1, 0.15) is 41.4 Å². The normalized spacial score (nSPS) is 23.9. The molecule has 1 aliphatic carbocycles. The number of halogens is 1. The molecule has 2 saturated heterocycles. The molecule has 3 aliphatic rings. The molecule has 0 unspecified atom stereocenters. The van der Waals surface area contributed by atoms with Crippen LogP contribution in [0, 0.1) is 5.82 Å². The van der Waals surface area contributed by atoms with Crippen molar-refractivity contribution in [2.75, 3.05) is 18.8 Å². The monoisotopic (exact) mass is 375 g/mol. The number of rotatable bonds is 4. The molecule has 1 saturated carbocycles. The third kappa shape index (κ3) is 2.86. The van der Waals surface area contributed by atoms with E-state index in [1.54, 1.807) is 28.8 Å². The van der Waals surface area contributed by atoms with Crippen LogP contribution < -0.4 is 4.74 Å². The maximum Gasteiger partial charge on any atom is 0.276 e. The number of amides is 1. The number of likely N-dealkylation sites (tertiary alicyclic amines) is 1. The zero-order valence-corrected chi connectivity index (χ0v) is 14.9. The summed E-state index contributed by atoms with van der Waals surface area (Å²) in [5, 5.41) is 3.93. The standard InChI is InChI=1S/C18H18FN3O3S/c19-13-2-1-5-20-16(13)24-12-7-18(26-8-12)9-22(10-18)17(23)14-6-15(25-21-14)11-3-4-11/h1-2,5-6,11-12H,3-4,7-10H2/t12-/m0/s1. The molecule has 5 rings (SSSR count). The van der Waals surface area contributed by atoms with Crippen LogP contribution >= 0.6 is 11.8 Å². The Labute approximate surface area is 154 Å². The van der Waals surface area contributed by atoms with Crippen molar-refractivity contribution in [3.63, 3.8) is 0 Å². The molecule has 2 aromatic heterocycles. The van der Waals surface area contributed by atoms with Gasteiger partial charge in [-0.2, -0.15) is 0 Å². The number of nitrogens with zero attached hydrogens (tertiary/aromatic N) is 3. The summed E-state index contributed by atoms with van der Waals surface area (Å²) in [5.74, 6) is 1.58. The summed E-state index contributed by atoms with van der Waals surface area (Å²) in [6.07, 6.45) is 4.45. The van der Waals surface area contributed by atoms with Gasteiger partial charge in [0, 0.05) is 43.4 Å². The van der Waals surface area contributed by atoms with Crippen molar-refractivity contribution in [1.82, 2.24) is 15.0 Å². The Kier molecular flexibility index (Phi) is 3.70. The number of hydrogen-bond donors (Lipinski definition) is 0. The van der Waals surface area contributed by atoms with Crippen LogP contribution in [0.4, 0.5) is 4.39 Å². The SMILES string of the molecule is O=C(c1cc(C2CC2)on1)N1CC2(C[C@H](Oc3ncccc3F)CS2)C1. The molecule has 0 N–H and O–H groups in total. The van der Waals surface area contributed by atoms with Gasteiger partial charge in [0.2, 0.25) is 0 Å². The van der Waals surface area contributed by atoms with E-state index in [1.807, 2.05) is 0 Å². The topological polar surface area (TPSA) is 68.5 Å². The van der Waals surface area contributed by atoms with E-state index in [0.717, 1.165) is 30.8 Å². The molecule has 136 valence electrons. The van der Waals surface area contributed by atoms with Gasteiger partial charge in [0.15, 0.2) is 11.5 Å². The first-order valence-corrected chi connectivity index (χ1v) is 9.77. The first-order chi connectivity index (χ1) is 12.6. The molecule has 1 amide bonds. The van der Waals surface area contributed by atoms with Crippen LogP contribution in [-0.2, 0) is 0 Å². The molecule has 8 heteroatoms. The average molecular weight is 375 g/mol. The van der Waals surface area contributed by atoms with Crippen LogP contribution in [0.15, 0.2) is 28.9 Å². The largest absolute Gasteiger partial charge is 0.471 e. The Hall–Kier alpha value is -2.09. The van der Waals surface area contributed by atoms with Gasteiger partial charge in [0.25, 0.3) is 11.8 Å². The number of thioether (sulfide) groups is 1. The Bertz CT molecular complexity index is 848. The predicted octanol–water partition coefficient (Wildman–Crippen LogP) is 2.87. The molecular formula is C18H18FN3O3S. The molecule has 6 nitrogen and oxygen atoms in total. The van der Waals surface area contributed by atoms with Gasteiger partial charge in [0.05, 0.1) is 4.75 Å². The summed E-state index contributed by atoms with van der Waals surface area (Å²) in [7, 11) is 0. The third-order valence-corrected chi connectivity index (χ3v) is 6.73. The van der Waals surface area contributed by atoms with Gasteiger partial charge < -0.3 is 14.2 Å². The summed E-state index contributed by atoms with van der Waals surface area (Å²) < 4.78 is 24.7. The Morgan fingerprint density at radius 3 is 3.04 bits per heavy atom. The number of carbonyl (C=O) groups is 1. The van der Waals surface area contributed by atoms with Crippen LogP contribution in [-0.4, -0.2) is 50.6 Å². The second-order valence-corrected chi connectivity index (χ2v) is 8.77. The molecule has 3 fully saturated rings. The second-order valence-electron chi connectivity index (χ2n) is 7.28. The maximum absolute atomic E-state index is 13.7. The van der Waals surface area contributed by atoms with Crippen molar-refractivity contribution in [2.45, 2.75) is 36.0 Å². The van der Waals surface area contributed by atoms with E-state index >= 15 is 0 Å². The van der Waals surface area contributed by atoms with Crippen molar-refractivity contribution in [3.8, 4) is 5.88 Å². The predicted molar refractivity (Wildman–Crippen MR) is 92.8 cm³/mol. The average Bonchev–Trinajstić information content (AvgIpc) is 3.18. The highest BCUT2D eigenvalue weighted by Crippen LogP contribution is 2.46. The maximum atomic E-state index is 13.7. The molecule has 2 aromatic rings. The van der Waals surface area contributed by atoms with E-state index in [-0.39, 0.29) is 22.6 Å². The van der Waals surface area contributed by atoms with Gasteiger partial charge in [-0.15, -0.1) is 11.8 Å². The molecule has 0 aromatic carbocycles. The lowest BCUT2D eigenvalue weighted by Gasteiger charge is -2.47. The summed E-state index contributed by atoms with van der Waals surface area (Å²) in [5.41, 5.74) is 0.396. The molecule has 0 radical (unpaired) electrons. The van der Waals surface area contributed by atoms with Crippen molar-refractivity contribution >= 4 is 17.7 Å². The van der Waals surface area contributed by atoms with Crippen molar-refractivity contribution in [2.24, 2.45) is 0 Å². The van der Waals surface area contributed by atoms with Crippen molar-refractivity contribution in [3.05, 3.63) is 41.7 Å². The number of pyridine rings is 1. The fraction of sp³-hybridized carbons (Fsp3) is 0.500. The van der Waals surface area contributed by atoms with Gasteiger partial charge >= 0.3 is 0 Å². The second kappa shape index (κ2) is 5.97. The van der Waals surface area contributed by atoms with Gasteiger partial charge in [-0.3, -0.25) is 4.79 Å². The minimum atomic E-state index is -0.443. The van der Waals surface area contributed by atoms with E-state index in [9.17, 15) is 9.18 Å². The van der Waals surface area contributed by atoms with Crippen molar-refractivity contribution in [1.29, 1.82) is 0 Å². The third-order valence-electron chi connectivity index (χ3n) is 5.15. The lowest BCUT2D eigenvalue weighted by atomic mass is 9.92. The fourth-order valence-electron chi connectivity index (χ4n) is 3.62. The van der Waals surface area contributed by atoms with Gasteiger partial charge in [0.1, 0.15) is 11.9 Å². The Morgan fingerprint density at radius 2 is 2.27 bits per heavy atom. The highest BCUT2D eigenvalue weighted by atomic mass is 32.2. The Balaban J connectivity index is 1.18. The summed E-state index contributed by atoms with van der Waals surface area (Å²) >= 11 is 1.79. The van der Waals surface area contributed by atoms with Gasteiger partial charge in [-0.1, -0.05) is 5.16 Å². The van der Waals surface area contributed by atoms with Crippen LogP contribution in [0.5, 0.6) is 5.88 Å². The van der Waals surface area contributed by atoms with E-state index in [0.29, 0.717) is 24.7 Å². The molecule has 1 spiro atoms. The van der Waals surface area contributed by atoms with Crippen LogP contribution in [0.2, 0.25) is 0 Å². The molecular weight excluding hydrogens is 357 g/mol. The molecule has 2 aliphatic heterocycles. The summed E-state index contributed by atoms with van der Waals surface area (Å²) in [6, 6.07) is 4.67. The first kappa shape index (κ1) is 16.1. The van der Waals surface area contributed by atoms with E-state index in [2.05, 4.69) is 10.1 Å². The van der Waals surface area contributed by atoms with E-state index in [1.165, 1.54) is 12.3 Å². The quantitative estimate of drug-likeness (QED) is 0.819. The minimum absolute atomic E-state index is 0.00532. The minimum Gasteiger partial charge on any atom is -0.471 e. The molecule has 4 heterocycles. The molecule has 1 atom stereocenters. The smallest absolute Gasteiger partial charge is 0.276 e. The van der Waals surface area contributed by atoms with Crippen LogP contribution in [0.25, 0.3) is 0 Å². The first-order valence-electron chi connectivity index (χ1n) is 8.79. The lowest BCUT2D eigenvalue weighted by molar-refractivity contribution is 0.0504. The molecule has 26 heavy (non-hydrogen) atoms.